The van der Waals surface area contributed by atoms with Crippen molar-refractivity contribution in [2.45, 2.75) is 20.3 Å². The smallest absolute Gasteiger partial charge is 0.271 e. The monoisotopic (exact) mass is 278 g/mol. The molecule has 0 aliphatic carbocycles. The number of allylic oxidation sites excluding steroid dienone is 1. The molecule has 8 nitrogen and oxygen atoms in total. The number of non-ortho nitro benzene ring substituents is 1. The Bertz CT molecular complexity index is 595. The van der Waals surface area contributed by atoms with Crippen molar-refractivity contribution in [1.29, 1.82) is 0 Å². The van der Waals surface area contributed by atoms with E-state index >= 15 is 0 Å². The van der Waals surface area contributed by atoms with Crippen LogP contribution in [0.15, 0.2) is 35.5 Å². The summed E-state index contributed by atoms with van der Waals surface area (Å²) in [6.45, 7) is 7.39. The lowest BCUT2D eigenvalue weighted by Gasteiger charge is -2.05. The quantitative estimate of drug-likeness (QED) is 0.487. The highest BCUT2D eigenvalue weighted by molar-refractivity contribution is 5.99. The van der Waals surface area contributed by atoms with Crippen LogP contribution in [0.4, 0.5) is 17.1 Å². The SMILES string of the molecule is C=C(C)/C(CC)=N/Nc1ccc([N+](=O)[O-])cc1[N+](=O)[O-]. The predicted octanol–water partition coefficient (Wildman–Crippen LogP) is 3.26. The fourth-order valence-electron chi connectivity index (χ4n) is 1.48. The summed E-state index contributed by atoms with van der Waals surface area (Å²) in [7, 11) is 0. The van der Waals surface area contributed by atoms with Crippen LogP contribution in [-0.4, -0.2) is 15.6 Å². The second kappa shape index (κ2) is 6.41. The standard InChI is InChI=1S/C12H14N4O4/c1-4-10(8(2)3)13-14-11-6-5-9(15(17)18)7-12(11)16(19)20/h5-7,14H,2,4H2,1,3H3/b13-10+. The average molecular weight is 278 g/mol. The number of nitrogens with zero attached hydrogens (tertiary/aromatic N) is 3. The molecule has 0 aliphatic heterocycles. The van der Waals surface area contributed by atoms with Gasteiger partial charge in [-0.15, -0.1) is 0 Å². The maximum atomic E-state index is 10.9. The van der Waals surface area contributed by atoms with E-state index in [1.807, 2.05) is 6.92 Å². The maximum Gasteiger partial charge on any atom is 0.301 e. The van der Waals surface area contributed by atoms with Gasteiger partial charge in [0.1, 0.15) is 5.69 Å². The van der Waals surface area contributed by atoms with Gasteiger partial charge in [0.25, 0.3) is 5.69 Å². The van der Waals surface area contributed by atoms with Crippen molar-refractivity contribution in [3.8, 4) is 0 Å². The van der Waals surface area contributed by atoms with Crippen molar-refractivity contribution >= 4 is 22.8 Å². The van der Waals surface area contributed by atoms with Crippen LogP contribution in [0, 0.1) is 20.2 Å². The zero-order valence-electron chi connectivity index (χ0n) is 11.1. The van der Waals surface area contributed by atoms with Crippen molar-refractivity contribution in [1.82, 2.24) is 0 Å². The second-order valence-electron chi connectivity index (χ2n) is 4.02. The molecule has 1 aromatic carbocycles. The van der Waals surface area contributed by atoms with Gasteiger partial charge in [-0.1, -0.05) is 13.5 Å². The zero-order valence-corrected chi connectivity index (χ0v) is 11.1. The molecule has 0 saturated heterocycles. The minimum absolute atomic E-state index is 0.0906. The van der Waals surface area contributed by atoms with E-state index in [9.17, 15) is 20.2 Å². The van der Waals surface area contributed by atoms with E-state index in [0.29, 0.717) is 12.1 Å². The van der Waals surface area contributed by atoms with Gasteiger partial charge in [0.05, 0.1) is 21.6 Å². The number of hydrazone groups is 1. The molecule has 1 N–H and O–H groups in total. The van der Waals surface area contributed by atoms with E-state index in [0.717, 1.165) is 11.6 Å². The van der Waals surface area contributed by atoms with E-state index in [2.05, 4.69) is 17.1 Å². The van der Waals surface area contributed by atoms with Gasteiger partial charge < -0.3 is 0 Å². The van der Waals surface area contributed by atoms with Crippen LogP contribution in [0.1, 0.15) is 20.3 Å². The number of benzene rings is 1. The Labute approximate surface area is 115 Å². The average Bonchev–Trinajstić information content (AvgIpc) is 2.38. The van der Waals surface area contributed by atoms with Gasteiger partial charge in [0, 0.05) is 6.07 Å². The minimum Gasteiger partial charge on any atom is -0.271 e. The van der Waals surface area contributed by atoms with Crippen LogP contribution in [0.3, 0.4) is 0 Å². The van der Waals surface area contributed by atoms with Gasteiger partial charge >= 0.3 is 5.69 Å². The lowest BCUT2D eigenvalue weighted by atomic mass is 10.2. The predicted molar refractivity (Wildman–Crippen MR) is 75.9 cm³/mol. The van der Waals surface area contributed by atoms with E-state index < -0.39 is 15.5 Å². The third-order valence-corrected chi connectivity index (χ3v) is 2.53. The molecule has 20 heavy (non-hydrogen) atoms. The molecule has 0 spiro atoms. The van der Waals surface area contributed by atoms with Crippen LogP contribution in [0.2, 0.25) is 0 Å². The molecular formula is C12H14N4O4. The third-order valence-electron chi connectivity index (χ3n) is 2.53. The number of anilines is 1. The molecule has 0 heterocycles. The van der Waals surface area contributed by atoms with Gasteiger partial charge in [-0.2, -0.15) is 5.10 Å². The molecule has 0 amide bonds. The van der Waals surface area contributed by atoms with Crippen molar-refractivity contribution in [3.63, 3.8) is 0 Å². The fraction of sp³-hybridized carbons (Fsp3) is 0.250. The number of hydrogen-bond donors (Lipinski definition) is 1. The highest BCUT2D eigenvalue weighted by Gasteiger charge is 2.19. The molecule has 106 valence electrons. The molecule has 0 aromatic heterocycles. The van der Waals surface area contributed by atoms with Crippen molar-refractivity contribution in [3.05, 3.63) is 50.6 Å². The summed E-state index contributed by atoms with van der Waals surface area (Å²) < 4.78 is 0. The Morgan fingerprint density at radius 3 is 2.45 bits per heavy atom. The maximum absolute atomic E-state index is 10.9. The summed E-state index contributed by atoms with van der Waals surface area (Å²) in [6, 6.07) is 3.33. The summed E-state index contributed by atoms with van der Waals surface area (Å²) in [5.41, 5.74) is 3.30. The van der Waals surface area contributed by atoms with Crippen molar-refractivity contribution < 1.29 is 9.85 Å². The first-order chi connectivity index (χ1) is 9.36. The van der Waals surface area contributed by atoms with Crippen LogP contribution in [0.25, 0.3) is 0 Å². The molecule has 0 bridgehead atoms. The van der Waals surface area contributed by atoms with E-state index in [1.54, 1.807) is 6.92 Å². The highest BCUT2D eigenvalue weighted by atomic mass is 16.6. The van der Waals surface area contributed by atoms with Gasteiger partial charge in [0.2, 0.25) is 0 Å². The van der Waals surface area contributed by atoms with Crippen LogP contribution in [-0.2, 0) is 0 Å². The van der Waals surface area contributed by atoms with Gasteiger partial charge in [-0.05, 0) is 25.0 Å². The molecular weight excluding hydrogens is 264 g/mol. The van der Waals surface area contributed by atoms with E-state index in [1.165, 1.54) is 12.1 Å². The van der Waals surface area contributed by atoms with Crippen molar-refractivity contribution in [2.24, 2.45) is 5.10 Å². The Balaban J connectivity index is 3.15. The fourth-order valence-corrected chi connectivity index (χ4v) is 1.48. The lowest BCUT2D eigenvalue weighted by Crippen LogP contribution is -2.03. The molecule has 0 atom stereocenters. The zero-order chi connectivity index (χ0) is 15.3. The van der Waals surface area contributed by atoms with Crippen molar-refractivity contribution in [2.75, 3.05) is 5.43 Å². The lowest BCUT2D eigenvalue weighted by molar-refractivity contribution is -0.393. The summed E-state index contributed by atoms with van der Waals surface area (Å²) in [6.07, 6.45) is 0.614. The normalized spacial score (nSPS) is 11.0. The summed E-state index contributed by atoms with van der Waals surface area (Å²) in [5, 5.41) is 25.6. The Hall–Kier alpha value is -2.77. The number of nitrogens with one attached hydrogen (secondary N) is 1. The van der Waals surface area contributed by atoms with Crippen LogP contribution >= 0.6 is 0 Å². The summed E-state index contributed by atoms with van der Waals surface area (Å²) in [4.78, 5) is 20.1. The minimum atomic E-state index is -0.697. The molecule has 0 saturated carbocycles. The van der Waals surface area contributed by atoms with E-state index in [4.69, 9.17) is 0 Å². The second-order valence-corrected chi connectivity index (χ2v) is 4.02. The Morgan fingerprint density at radius 1 is 1.35 bits per heavy atom. The summed E-state index contributed by atoms with van der Waals surface area (Å²) in [5.74, 6) is 0. The Kier molecular flexibility index (Phi) is 4.90. The number of rotatable bonds is 6. The van der Waals surface area contributed by atoms with Crippen LogP contribution < -0.4 is 5.43 Å². The largest absolute Gasteiger partial charge is 0.301 e. The topological polar surface area (TPSA) is 111 Å². The van der Waals surface area contributed by atoms with E-state index in [-0.39, 0.29) is 11.4 Å². The molecule has 0 aliphatic rings. The van der Waals surface area contributed by atoms with Gasteiger partial charge in [-0.25, -0.2) is 0 Å². The number of hydrogen-bond acceptors (Lipinski definition) is 6. The first kappa shape index (κ1) is 15.3. The van der Waals surface area contributed by atoms with Crippen LogP contribution in [0.5, 0.6) is 0 Å². The molecule has 1 aromatic rings. The molecule has 1 rings (SSSR count). The summed E-state index contributed by atoms with van der Waals surface area (Å²) >= 11 is 0. The molecule has 0 fully saturated rings. The number of nitro groups is 2. The third kappa shape index (κ3) is 3.61. The Morgan fingerprint density at radius 2 is 2.00 bits per heavy atom. The van der Waals surface area contributed by atoms with Gasteiger partial charge in [0.15, 0.2) is 0 Å². The highest BCUT2D eigenvalue weighted by Crippen LogP contribution is 2.28. The molecule has 0 radical (unpaired) electrons. The first-order valence-electron chi connectivity index (χ1n) is 5.78. The molecule has 0 unspecified atom stereocenters. The first-order valence-corrected chi connectivity index (χ1v) is 5.78. The van der Waals surface area contributed by atoms with Gasteiger partial charge in [-0.3, -0.25) is 25.7 Å². The number of nitro benzene ring substituents is 2. The molecule has 8 heteroatoms.